The molecule has 0 saturated carbocycles. The maximum atomic E-state index is 11.1. The molecule has 5 nitrogen and oxygen atoms in total. The van der Waals surface area contributed by atoms with Crippen molar-refractivity contribution in [2.24, 2.45) is 5.73 Å². The number of rotatable bonds is 4. The fraction of sp³-hybridized carbons (Fsp3) is 0.714. The van der Waals surface area contributed by atoms with Crippen molar-refractivity contribution >= 4 is 11.8 Å². The third-order valence-electron chi connectivity index (χ3n) is 1.61. The van der Waals surface area contributed by atoms with Gasteiger partial charge in [-0.15, -0.1) is 0 Å². The predicted octanol–water partition coefficient (Wildman–Crippen LogP) is -1.42. The van der Waals surface area contributed by atoms with Crippen molar-refractivity contribution in [1.29, 1.82) is 0 Å². The smallest absolute Gasteiger partial charge is 0.239 e. The van der Waals surface area contributed by atoms with E-state index in [4.69, 9.17) is 5.73 Å². The second-order valence-corrected chi connectivity index (χ2v) is 2.64. The predicted molar refractivity (Wildman–Crippen MR) is 45.3 cm³/mol. The van der Waals surface area contributed by atoms with Crippen molar-refractivity contribution in [2.75, 3.05) is 7.05 Å². The van der Waals surface area contributed by atoms with Gasteiger partial charge in [-0.3, -0.25) is 9.59 Å². The molecule has 0 heterocycles. The molecule has 0 fully saturated rings. The van der Waals surface area contributed by atoms with Gasteiger partial charge in [0.15, 0.2) is 0 Å². The highest BCUT2D eigenvalue weighted by molar-refractivity contribution is 5.88. The first kappa shape index (κ1) is 10.9. The number of hydrogen-bond donors (Lipinski definition) is 3. The molecule has 0 spiro atoms. The summed E-state index contributed by atoms with van der Waals surface area (Å²) in [4.78, 5) is 21.6. The lowest BCUT2D eigenvalue weighted by Gasteiger charge is -2.14. The zero-order valence-electron chi connectivity index (χ0n) is 7.55. The summed E-state index contributed by atoms with van der Waals surface area (Å²) in [5.74, 6) is -0.768. The van der Waals surface area contributed by atoms with Crippen molar-refractivity contribution in [3.63, 3.8) is 0 Å². The topological polar surface area (TPSA) is 84.2 Å². The highest BCUT2D eigenvalue weighted by atomic mass is 16.2. The molecular weight excluding hydrogens is 158 g/mol. The molecule has 0 unspecified atom stereocenters. The van der Waals surface area contributed by atoms with E-state index in [0.717, 1.165) is 0 Å². The van der Waals surface area contributed by atoms with Crippen molar-refractivity contribution < 1.29 is 9.59 Å². The van der Waals surface area contributed by atoms with Gasteiger partial charge in [0.1, 0.15) is 6.04 Å². The summed E-state index contributed by atoms with van der Waals surface area (Å²) in [7, 11) is 1.67. The van der Waals surface area contributed by atoms with Crippen LogP contribution in [0.25, 0.3) is 0 Å². The Bertz CT molecular complexity index is 181. The summed E-state index contributed by atoms with van der Waals surface area (Å²) < 4.78 is 0. The Hall–Kier alpha value is -1.10. The minimum atomic E-state index is -0.617. The van der Waals surface area contributed by atoms with Gasteiger partial charge in [-0.05, 0) is 20.9 Å². The van der Waals surface area contributed by atoms with Crippen molar-refractivity contribution in [3.05, 3.63) is 0 Å². The molecule has 0 aromatic carbocycles. The number of carbonyl (C=O) groups is 2. The molecule has 5 heteroatoms. The lowest BCUT2D eigenvalue weighted by Crippen LogP contribution is -2.48. The summed E-state index contributed by atoms with van der Waals surface area (Å²) in [6, 6.07) is -0.930. The summed E-state index contributed by atoms with van der Waals surface area (Å²) >= 11 is 0. The van der Waals surface area contributed by atoms with Crippen LogP contribution in [-0.2, 0) is 9.59 Å². The number of likely N-dealkylation sites (N-methyl/N-ethyl adjacent to an activating group) is 1. The maximum absolute atomic E-state index is 11.1. The number of hydrogen-bond acceptors (Lipinski definition) is 3. The van der Waals surface area contributed by atoms with Crippen LogP contribution in [0, 0.1) is 0 Å². The standard InChI is InChI=1S/C7H15N3O2/c1-4(6(8)11)10-7(12)5(2)9-3/h4-5,9H,1-3H3,(H2,8,11)(H,10,12)/t4-,5-/m0/s1. The fourth-order valence-corrected chi connectivity index (χ4v) is 0.541. The largest absolute Gasteiger partial charge is 0.368 e. The van der Waals surface area contributed by atoms with Crippen molar-refractivity contribution in [1.82, 2.24) is 10.6 Å². The Morgan fingerprint density at radius 3 is 2.08 bits per heavy atom. The van der Waals surface area contributed by atoms with Crippen LogP contribution in [0.4, 0.5) is 0 Å². The lowest BCUT2D eigenvalue weighted by molar-refractivity contribution is -0.127. The quantitative estimate of drug-likeness (QED) is 0.488. The van der Waals surface area contributed by atoms with Crippen molar-refractivity contribution in [3.8, 4) is 0 Å². The first-order valence-corrected chi connectivity index (χ1v) is 3.76. The number of primary amides is 1. The van der Waals surface area contributed by atoms with E-state index in [0.29, 0.717) is 0 Å². The third-order valence-corrected chi connectivity index (χ3v) is 1.61. The van der Waals surface area contributed by atoms with Gasteiger partial charge < -0.3 is 16.4 Å². The molecule has 0 aliphatic heterocycles. The third kappa shape index (κ3) is 3.34. The SMILES string of the molecule is CN[C@@H](C)C(=O)N[C@@H](C)C(N)=O. The summed E-state index contributed by atoms with van der Waals surface area (Å²) in [6.07, 6.45) is 0. The molecule has 0 saturated heterocycles. The van der Waals surface area contributed by atoms with Crippen LogP contribution in [0.15, 0.2) is 0 Å². The first-order valence-electron chi connectivity index (χ1n) is 3.76. The summed E-state index contributed by atoms with van der Waals surface area (Å²) in [5.41, 5.74) is 4.95. The molecule has 0 aliphatic carbocycles. The van der Waals surface area contributed by atoms with Crippen LogP contribution in [0.3, 0.4) is 0 Å². The van der Waals surface area contributed by atoms with Crippen LogP contribution in [0.1, 0.15) is 13.8 Å². The lowest BCUT2D eigenvalue weighted by atomic mass is 10.2. The second kappa shape index (κ2) is 4.71. The average Bonchev–Trinajstić information content (AvgIpc) is 2.02. The van der Waals surface area contributed by atoms with E-state index in [1.54, 1.807) is 20.9 Å². The van der Waals surface area contributed by atoms with Crippen LogP contribution in [-0.4, -0.2) is 30.9 Å². The first-order chi connectivity index (χ1) is 5.49. The molecule has 4 N–H and O–H groups in total. The van der Waals surface area contributed by atoms with E-state index in [-0.39, 0.29) is 11.9 Å². The second-order valence-electron chi connectivity index (χ2n) is 2.64. The highest BCUT2D eigenvalue weighted by Crippen LogP contribution is 1.83. The van der Waals surface area contributed by atoms with Gasteiger partial charge in [-0.25, -0.2) is 0 Å². The maximum Gasteiger partial charge on any atom is 0.239 e. The molecule has 0 aromatic heterocycles. The molecule has 0 radical (unpaired) electrons. The molecule has 0 aromatic rings. The molecule has 0 bridgehead atoms. The van der Waals surface area contributed by atoms with Gasteiger partial charge >= 0.3 is 0 Å². The van der Waals surface area contributed by atoms with E-state index in [1.807, 2.05) is 0 Å². The number of nitrogens with one attached hydrogen (secondary N) is 2. The van der Waals surface area contributed by atoms with Gasteiger partial charge in [0, 0.05) is 0 Å². The summed E-state index contributed by atoms with van der Waals surface area (Å²) in [5, 5.41) is 5.20. The normalized spacial score (nSPS) is 14.9. The molecule has 12 heavy (non-hydrogen) atoms. The van der Waals surface area contributed by atoms with Crippen LogP contribution in [0.2, 0.25) is 0 Å². The highest BCUT2D eigenvalue weighted by Gasteiger charge is 2.15. The van der Waals surface area contributed by atoms with Gasteiger partial charge in [-0.2, -0.15) is 0 Å². The number of nitrogens with two attached hydrogens (primary N) is 1. The molecule has 70 valence electrons. The molecule has 2 amide bonds. The zero-order valence-corrected chi connectivity index (χ0v) is 7.55. The van der Waals surface area contributed by atoms with Gasteiger partial charge in [0.05, 0.1) is 6.04 Å². The Morgan fingerprint density at radius 1 is 1.25 bits per heavy atom. The van der Waals surface area contributed by atoms with E-state index >= 15 is 0 Å². The number of carbonyl (C=O) groups excluding carboxylic acids is 2. The monoisotopic (exact) mass is 173 g/mol. The van der Waals surface area contributed by atoms with Gasteiger partial charge in [0.2, 0.25) is 11.8 Å². The number of amides is 2. The average molecular weight is 173 g/mol. The van der Waals surface area contributed by atoms with E-state index in [2.05, 4.69) is 10.6 Å². The molecule has 0 rings (SSSR count). The van der Waals surface area contributed by atoms with E-state index < -0.39 is 11.9 Å². The van der Waals surface area contributed by atoms with E-state index in [1.165, 1.54) is 0 Å². The summed E-state index contributed by atoms with van der Waals surface area (Å²) in [6.45, 7) is 3.24. The van der Waals surface area contributed by atoms with Crippen LogP contribution < -0.4 is 16.4 Å². The molecular formula is C7H15N3O2. The van der Waals surface area contributed by atoms with E-state index in [9.17, 15) is 9.59 Å². The Balaban J connectivity index is 3.92. The minimum Gasteiger partial charge on any atom is -0.368 e. The van der Waals surface area contributed by atoms with Gasteiger partial charge in [-0.1, -0.05) is 0 Å². The fourth-order valence-electron chi connectivity index (χ4n) is 0.541. The van der Waals surface area contributed by atoms with Crippen LogP contribution in [0.5, 0.6) is 0 Å². The Labute approximate surface area is 71.7 Å². The zero-order chi connectivity index (χ0) is 9.72. The Kier molecular flexibility index (Phi) is 4.28. The van der Waals surface area contributed by atoms with Crippen LogP contribution >= 0.6 is 0 Å². The minimum absolute atomic E-state index is 0.233. The van der Waals surface area contributed by atoms with Crippen molar-refractivity contribution in [2.45, 2.75) is 25.9 Å². The van der Waals surface area contributed by atoms with Gasteiger partial charge in [0.25, 0.3) is 0 Å². The molecule has 2 atom stereocenters. The molecule has 0 aliphatic rings. The Morgan fingerprint density at radius 2 is 1.75 bits per heavy atom.